The van der Waals surface area contributed by atoms with E-state index in [4.69, 9.17) is 0 Å². The number of carbonyl (C=O) groups excluding carboxylic acids is 1. The van der Waals surface area contributed by atoms with Gasteiger partial charge in [0, 0.05) is 18.5 Å². The highest BCUT2D eigenvalue weighted by atomic mass is 16.4. The maximum absolute atomic E-state index is 13.1. The molecule has 3 aromatic rings. The minimum absolute atomic E-state index is 0.287. The van der Waals surface area contributed by atoms with Crippen LogP contribution in [0.4, 0.5) is 0 Å². The summed E-state index contributed by atoms with van der Waals surface area (Å²) in [6.45, 7) is 3.97. The van der Waals surface area contributed by atoms with Gasteiger partial charge in [-0.15, -0.1) is 0 Å². The van der Waals surface area contributed by atoms with Crippen molar-refractivity contribution in [1.82, 2.24) is 19.7 Å². The Labute approximate surface area is 162 Å². The van der Waals surface area contributed by atoms with Gasteiger partial charge in [0.1, 0.15) is 17.7 Å². The van der Waals surface area contributed by atoms with E-state index in [2.05, 4.69) is 10.1 Å². The Bertz CT molecular complexity index is 1060. The fraction of sp³-hybridized carbons (Fsp3) is 0.238. The number of aliphatic carboxylic acids is 1. The number of benzene rings is 2. The van der Waals surface area contributed by atoms with Crippen molar-refractivity contribution in [2.75, 3.05) is 0 Å². The summed E-state index contributed by atoms with van der Waals surface area (Å²) < 4.78 is 1.71. The molecule has 28 heavy (non-hydrogen) atoms. The second kappa shape index (κ2) is 6.92. The summed E-state index contributed by atoms with van der Waals surface area (Å²) in [5.74, 6) is 0.150. The highest BCUT2D eigenvalue weighted by Gasteiger charge is 2.34. The first kappa shape index (κ1) is 17.9. The lowest BCUT2D eigenvalue weighted by Crippen LogP contribution is -2.48. The average molecular weight is 376 g/mol. The van der Waals surface area contributed by atoms with Crippen LogP contribution < -0.4 is 0 Å². The van der Waals surface area contributed by atoms with Gasteiger partial charge in [-0.25, -0.2) is 14.5 Å². The molecule has 0 aliphatic carbocycles. The number of carboxylic acid groups (broad SMARTS) is 1. The lowest BCUT2D eigenvalue weighted by molar-refractivity contribution is -0.142. The molecule has 0 fully saturated rings. The maximum atomic E-state index is 13.1. The molecule has 1 N–H and O–H groups in total. The van der Waals surface area contributed by atoms with E-state index in [1.807, 2.05) is 38.1 Å². The standard InChI is InChI=1S/C21H20N4O3/c1-13-22-14(2)25(23-13)18-9-7-15(8-10-18)20(26)24-12-17-6-4-3-5-16(17)11-19(24)21(27)28/h3-10,19H,11-12H2,1-2H3,(H,27,28)/t19-/m1/s1. The Hall–Kier alpha value is -3.48. The zero-order valence-electron chi connectivity index (χ0n) is 15.7. The monoisotopic (exact) mass is 376 g/mol. The number of hydrogen-bond donors (Lipinski definition) is 1. The number of rotatable bonds is 3. The molecule has 2 aromatic carbocycles. The number of amides is 1. The van der Waals surface area contributed by atoms with Gasteiger partial charge in [0.2, 0.25) is 0 Å². The van der Waals surface area contributed by atoms with Crippen molar-refractivity contribution in [3.8, 4) is 5.69 Å². The average Bonchev–Trinajstić information content (AvgIpc) is 3.04. The van der Waals surface area contributed by atoms with Crippen molar-refractivity contribution in [2.45, 2.75) is 32.9 Å². The van der Waals surface area contributed by atoms with Crippen molar-refractivity contribution < 1.29 is 14.7 Å². The minimum atomic E-state index is -0.992. The Morgan fingerprint density at radius 2 is 1.71 bits per heavy atom. The van der Waals surface area contributed by atoms with Gasteiger partial charge in [0.25, 0.3) is 5.91 Å². The third-order valence-corrected chi connectivity index (χ3v) is 5.03. The minimum Gasteiger partial charge on any atom is -0.480 e. The number of aryl methyl sites for hydroxylation is 2. The van der Waals surface area contributed by atoms with E-state index < -0.39 is 12.0 Å². The molecule has 0 bridgehead atoms. The van der Waals surface area contributed by atoms with Crippen LogP contribution in [0.2, 0.25) is 0 Å². The number of carbonyl (C=O) groups is 2. The maximum Gasteiger partial charge on any atom is 0.326 e. The lowest BCUT2D eigenvalue weighted by atomic mass is 9.93. The highest BCUT2D eigenvalue weighted by molar-refractivity contribution is 5.97. The molecule has 0 radical (unpaired) electrons. The summed E-state index contributed by atoms with van der Waals surface area (Å²) in [4.78, 5) is 30.6. The molecule has 0 unspecified atom stereocenters. The zero-order valence-corrected chi connectivity index (χ0v) is 15.7. The van der Waals surface area contributed by atoms with Crippen LogP contribution in [0.1, 0.15) is 33.1 Å². The van der Waals surface area contributed by atoms with Gasteiger partial charge in [-0.05, 0) is 49.2 Å². The zero-order chi connectivity index (χ0) is 19.8. The predicted octanol–water partition coefficient (Wildman–Crippen LogP) is 2.54. The van der Waals surface area contributed by atoms with Gasteiger partial charge in [-0.1, -0.05) is 24.3 Å². The van der Waals surface area contributed by atoms with Crippen LogP contribution in [-0.4, -0.2) is 42.7 Å². The molecule has 2 heterocycles. The first-order chi connectivity index (χ1) is 13.4. The third kappa shape index (κ3) is 3.15. The second-order valence-electron chi connectivity index (χ2n) is 6.92. The summed E-state index contributed by atoms with van der Waals surface area (Å²) in [6.07, 6.45) is 0.312. The molecular formula is C21H20N4O3. The number of carboxylic acids is 1. The quantitative estimate of drug-likeness (QED) is 0.759. The van der Waals surface area contributed by atoms with Gasteiger partial charge < -0.3 is 10.0 Å². The smallest absolute Gasteiger partial charge is 0.326 e. The molecule has 1 aliphatic heterocycles. The summed E-state index contributed by atoms with van der Waals surface area (Å²) in [5.41, 5.74) is 3.21. The van der Waals surface area contributed by atoms with Crippen LogP contribution in [-0.2, 0) is 17.8 Å². The third-order valence-electron chi connectivity index (χ3n) is 5.03. The number of nitrogens with zero attached hydrogens (tertiary/aromatic N) is 4. The van der Waals surface area contributed by atoms with Crippen LogP contribution in [0.15, 0.2) is 48.5 Å². The van der Waals surface area contributed by atoms with Crippen LogP contribution in [0.25, 0.3) is 5.69 Å². The molecule has 1 aliphatic rings. The Morgan fingerprint density at radius 1 is 1.04 bits per heavy atom. The number of aromatic nitrogens is 3. The van der Waals surface area contributed by atoms with E-state index in [1.54, 1.807) is 28.9 Å². The van der Waals surface area contributed by atoms with Crippen LogP contribution in [0.5, 0.6) is 0 Å². The number of fused-ring (bicyclic) bond motifs is 1. The molecule has 142 valence electrons. The summed E-state index contributed by atoms with van der Waals surface area (Å²) in [6, 6.07) is 13.8. The van der Waals surface area contributed by atoms with E-state index in [-0.39, 0.29) is 12.5 Å². The van der Waals surface area contributed by atoms with Crippen molar-refractivity contribution in [2.24, 2.45) is 0 Å². The molecular weight excluding hydrogens is 356 g/mol. The van der Waals surface area contributed by atoms with Gasteiger partial charge in [-0.2, -0.15) is 5.10 Å². The van der Waals surface area contributed by atoms with Gasteiger partial charge in [0.15, 0.2) is 0 Å². The molecule has 4 rings (SSSR count). The Kier molecular flexibility index (Phi) is 4.43. The van der Waals surface area contributed by atoms with Gasteiger partial charge in [0.05, 0.1) is 5.69 Å². The summed E-state index contributed by atoms with van der Waals surface area (Å²) in [7, 11) is 0. The molecule has 7 nitrogen and oxygen atoms in total. The molecule has 7 heteroatoms. The SMILES string of the molecule is Cc1nc(C)n(-c2ccc(C(=O)N3Cc4ccccc4C[C@@H]3C(=O)O)cc2)n1. The van der Waals surface area contributed by atoms with Gasteiger partial charge in [-0.3, -0.25) is 4.79 Å². The fourth-order valence-electron chi connectivity index (χ4n) is 3.63. The van der Waals surface area contributed by atoms with E-state index in [1.165, 1.54) is 4.90 Å². The Balaban J connectivity index is 1.63. The van der Waals surface area contributed by atoms with E-state index in [0.717, 1.165) is 22.6 Å². The van der Waals surface area contributed by atoms with Crippen LogP contribution in [0, 0.1) is 13.8 Å². The van der Waals surface area contributed by atoms with Gasteiger partial charge >= 0.3 is 5.97 Å². The lowest BCUT2D eigenvalue weighted by Gasteiger charge is -2.34. The second-order valence-corrected chi connectivity index (χ2v) is 6.92. The molecule has 1 aromatic heterocycles. The normalized spacial score (nSPS) is 15.9. The molecule has 1 amide bonds. The van der Waals surface area contributed by atoms with Crippen molar-refractivity contribution in [1.29, 1.82) is 0 Å². The highest BCUT2D eigenvalue weighted by Crippen LogP contribution is 2.25. The molecule has 0 saturated carbocycles. The van der Waals surface area contributed by atoms with Crippen LogP contribution >= 0.6 is 0 Å². The first-order valence-corrected chi connectivity index (χ1v) is 9.05. The molecule has 0 saturated heterocycles. The van der Waals surface area contributed by atoms with E-state index in [9.17, 15) is 14.7 Å². The molecule has 0 spiro atoms. The van der Waals surface area contributed by atoms with Crippen molar-refractivity contribution >= 4 is 11.9 Å². The van der Waals surface area contributed by atoms with E-state index in [0.29, 0.717) is 17.8 Å². The topological polar surface area (TPSA) is 88.3 Å². The van der Waals surface area contributed by atoms with Crippen LogP contribution in [0.3, 0.4) is 0 Å². The molecule has 1 atom stereocenters. The number of hydrogen-bond acceptors (Lipinski definition) is 4. The largest absolute Gasteiger partial charge is 0.480 e. The Morgan fingerprint density at radius 3 is 2.32 bits per heavy atom. The van der Waals surface area contributed by atoms with Crippen molar-refractivity contribution in [3.63, 3.8) is 0 Å². The predicted molar refractivity (Wildman–Crippen MR) is 102 cm³/mol. The fourth-order valence-corrected chi connectivity index (χ4v) is 3.63. The van der Waals surface area contributed by atoms with Crippen molar-refractivity contribution in [3.05, 3.63) is 76.9 Å². The summed E-state index contributed by atoms with van der Waals surface area (Å²) >= 11 is 0. The van der Waals surface area contributed by atoms with E-state index >= 15 is 0 Å². The first-order valence-electron chi connectivity index (χ1n) is 9.05. The summed E-state index contributed by atoms with van der Waals surface area (Å²) in [5, 5.41) is 14.0.